The molecule has 4 heterocycles. The number of carbonyl (C=O) groups is 1. The monoisotopic (exact) mass is 589 g/mol. The Morgan fingerprint density at radius 3 is 2.44 bits per heavy atom. The zero-order chi connectivity index (χ0) is 27.7. The number of sulfonamides is 1. The minimum absolute atomic E-state index is 0.0760. The molecule has 0 aromatic carbocycles. The van der Waals surface area contributed by atoms with Gasteiger partial charge in [0, 0.05) is 45.5 Å². The van der Waals surface area contributed by atoms with Crippen molar-refractivity contribution >= 4 is 38.5 Å². The summed E-state index contributed by atoms with van der Waals surface area (Å²) >= 11 is 0.247. The van der Waals surface area contributed by atoms with Gasteiger partial charge >= 0.3 is 6.18 Å². The Balaban J connectivity index is 1.41. The van der Waals surface area contributed by atoms with E-state index in [-0.39, 0.29) is 71.5 Å². The number of anilines is 1. The van der Waals surface area contributed by atoms with Crippen LogP contribution in [0.3, 0.4) is 0 Å². The van der Waals surface area contributed by atoms with Gasteiger partial charge in [-0.05, 0) is 25.7 Å². The predicted octanol–water partition coefficient (Wildman–Crippen LogP) is 2.28. The number of amides is 1. The van der Waals surface area contributed by atoms with Crippen LogP contribution >= 0.6 is 11.3 Å². The molecule has 3 aromatic heterocycles. The molecule has 3 fully saturated rings. The Labute approximate surface area is 223 Å². The van der Waals surface area contributed by atoms with E-state index in [1.807, 2.05) is 0 Å². The van der Waals surface area contributed by atoms with Crippen LogP contribution in [0, 0.1) is 5.82 Å². The molecule has 2 saturated carbocycles. The molecule has 1 amide bonds. The van der Waals surface area contributed by atoms with Crippen LogP contribution in [0.25, 0.3) is 16.3 Å². The second-order valence-corrected chi connectivity index (χ2v) is 12.4. The number of piperazine rings is 1. The van der Waals surface area contributed by atoms with Gasteiger partial charge in [-0.1, -0.05) is 11.3 Å². The van der Waals surface area contributed by atoms with Gasteiger partial charge in [0.25, 0.3) is 5.91 Å². The molecular formula is C22H23F4N7O4S2. The number of alkyl halides is 3. The Kier molecular flexibility index (Phi) is 6.13. The number of hydrogen-bond acceptors (Lipinski definition) is 9. The van der Waals surface area contributed by atoms with Gasteiger partial charge in [-0.25, -0.2) is 22.5 Å². The highest BCUT2D eigenvalue weighted by Crippen LogP contribution is 2.41. The SMILES string of the molecule is COC1(C(=O)N2CCN(c3c(F)c(S(=O)(=O)NC4CC4)cn4c(-c5nnc(C(F)(F)F)s5)ncc34)CC2)CC1. The molecule has 1 aliphatic heterocycles. The minimum atomic E-state index is -4.72. The number of halogens is 4. The number of hydrogen-bond donors (Lipinski definition) is 1. The number of ether oxygens (including phenoxy) is 1. The second kappa shape index (κ2) is 9.07. The van der Waals surface area contributed by atoms with Crippen molar-refractivity contribution in [2.75, 3.05) is 38.2 Å². The molecular weight excluding hydrogens is 566 g/mol. The van der Waals surface area contributed by atoms with Crippen LogP contribution in [0.1, 0.15) is 30.7 Å². The van der Waals surface area contributed by atoms with E-state index in [1.54, 1.807) is 9.80 Å². The molecule has 1 N–H and O–H groups in total. The highest BCUT2D eigenvalue weighted by Gasteiger charge is 2.52. The first-order valence-electron chi connectivity index (χ1n) is 12.2. The second-order valence-electron chi connectivity index (χ2n) is 9.78. The lowest BCUT2D eigenvalue weighted by atomic mass is 10.2. The summed E-state index contributed by atoms with van der Waals surface area (Å²) in [6.07, 6.45) is 0.0478. The molecule has 0 radical (unpaired) electrons. The number of aromatic nitrogens is 4. The first kappa shape index (κ1) is 26.3. The minimum Gasteiger partial charge on any atom is -0.368 e. The maximum atomic E-state index is 16.1. The third-order valence-electron chi connectivity index (χ3n) is 7.13. The van der Waals surface area contributed by atoms with E-state index >= 15 is 4.39 Å². The molecule has 1 saturated heterocycles. The normalized spacial score (nSPS) is 19.6. The highest BCUT2D eigenvalue weighted by atomic mass is 32.2. The number of carbonyl (C=O) groups excluding carboxylic acids is 1. The topological polar surface area (TPSA) is 122 Å². The van der Waals surface area contributed by atoms with E-state index < -0.39 is 37.5 Å². The van der Waals surface area contributed by atoms with Gasteiger partial charge in [-0.15, -0.1) is 10.2 Å². The van der Waals surface area contributed by atoms with Gasteiger partial charge in [0.15, 0.2) is 16.6 Å². The lowest BCUT2D eigenvalue weighted by molar-refractivity contribution is -0.145. The maximum absolute atomic E-state index is 16.1. The number of nitrogens with zero attached hydrogens (tertiary/aromatic N) is 6. The van der Waals surface area contributed by atoms with Crippen molar-refractivity contribution in [3.8, 4) is 10.8 Å². The molecule has 6 rings (SSSR count). The van der Waals surface area contributed by atoms with Crippen LogP contribution in [0.2, 0.25) is 0 Å². The summed E-state index contributed by atoms with van der Waals surface area (Å²) in [4.78, 5) is 19.6. The zero-order valence-electron chi connectivity index (χ0n) is 20.5. The Hall–Kier alpha value is -2.89. The summed E-state index contributed by atoms with van der Waals surface area (Å²) in [5, 5.41) is 5.38. The molecule has 39 heavy (non-hydrogen) atoms. The van der Waals surface area contributed by atoms with Crippen molar-refractivity contribution in [1.29, 1.82) is 0 Å². The largest absolute Gasteiger partial charge is 0.445 e. The van der Waals surface area contributed by atoms with Crippen LogP contribution in [0.15, 0.2) is 17.3 Å². The molecule has 0 bridgehead atoms. The summed E-state index contributed by atoms with van der Waals surface area (Å²) < 4.78 is 90.8. The van der Waals surface area contributed by atoms with Crippen molar-refractivity contribution in [3.05, 3.63) is 23.2 Å². The van der Waals surface area contributed by atoms with Crippen molar-refractivity contribution in [2.24, 2.45) is 0 Å². The molecule has 3 aromatic rings. The van der Waals surface area contributed by atoms with Crippen molar-refractivity contribution in [1.82, 2.24) is 29.2 Å². The van der Waals surface area contributed by atoms with Crippen molar-refractivity contribution in [3.63, 3.8) is 0 Å². The number of pyridine rings is 1. The van der Waals surface area contributed by atoms with Gasteiger partial charge in [0.2, 0.25) is 15.0 Å². The smallest absolute Gasteiger partial charge is 0.368 e. The van der Waals surface area contributed by atoms with E-state index in [2.05, 4.69) is 19.9 Å². The average Bonchev–Trinajstić information content (AvgIpc) is 3.78. The molecule has 17 heteroatoms. The maximum Gasteiger partial charge on any atom is 0.445 e. The number of imidazole rings is 1. The van der Waals surface area contributed by atoms with Crippen LogP contribution < -0.4 is 9.62 Å². The predicted molar refractivity (Wildman–Crippen MR) is 130 cm³/mol. The summed E-state index contributed by atoms with van der Waals surface area (Å²) in [6, 6.07) is -0.307. The number of fused-ring (bicyclic) bond motifs is 1. The number of nitrogens with one attached hydrogen (secondary N) is 1. The Bertz CT molecular complexity index is 1560. The van der Waals surface area contributed by atoms with Gasteiger partial charge in [-0.3, -0.25) is 9.20 Å². The third kappa shape index (κ3) is 4.64. The van der Waals surface area contributed by atoms with Crippen LogP contribution in [0.5, 0.6) is 0 Å². The van der Waals surface area contributed by atoms with E-state index in [1.165, 1.54) is 17.7 Å². The molecule has 210 valence electrons. The van der Waals surface area contributed by atoms with Crippen LogP contribution in [0.4, 0.5) is 23.2 Å². The standard InChI is InChI=1S/C22H23F4N7O4S2/c1-37-21(4-5-21)20(34)32-8-6-31(7-9-32)16-13-10-27-17(18-28-29-19(38-18)22(24,25)26)33(13)11-14(15(16)23)39(35,36)30-12-2-3-12/h10-12,30H,2-9H2,1H3. The quantitative estimate of drug-likeness (QED) is 0.417. The molecule has 2 aliphatic carbocycles. The summed E-state index contributed by atoms with van der Waals surface area (Å²) in [5.74, 6) is -1.25. The summed E-state index contributed by atoms with van der Waals surface area (Å²) in [6.45, 7) is 0.878. The first-order valence-corrected chi connectivity index (χ1v) is 14.5. The van der Waals surface area contributed by atoms with Gasteiger partial charge in [0.05, 0.1) is 11.7 Å². The average molecular weight is 590 g/mol. The van der Waals surface area contributed by atoms with E-state index in [0.29, 0.717) is 25.7 Å². The fourth-order valence-electron chi connectivity index (χ4n) is 4.67. The van der Waals surface area contributed by atoms with Crippen LogP contribution in [-0.2, 0) is 25.7 Å². The molecule has 0 unspecified atom stereocenters. The lowest BCUT2D eigenvalue weighted by Crippen LogP contribution is -2.52. The Morgan fingerprint density at radius 1 is 1.18 bits per heavy atom. The van der Waals surface area contributed by atoms with Crippen molar-refractivity contribution < 1.29 is 35.5 Å². The van der Waals surface area contributed by atoms with Gasteiger partial charge in [0.1, 0.15) is 16.2 Å². The fraction of sp³-hybridized carbons (Fsp3) is 0.545. The van der Waals surface area contributed by atoms with E-state index in [9.17, 15) is 26.4 Å². The molecule has 0 spiro atoms. The number of methoxy groups -OCH3 is 1. The zero-order valence-corrected chi connectivity index (χ0v) is 22.2. The van der Waals surface area contributed by atoms with E-state index in [4.69, 9.17) is 4.74 Å². The van der Waals surface area contributed by atoms with Crippen LogP contribution in [-0.4, -0.2) is 83.7 Å². The molecule has 0 atom stereocenters. The van der Waals surface area contributed by atoms with Gasteiger partial charge < -0.3 is 14.5 Å². The first-order chi connectivity index (χ1) is 18.4. The molecule has 11 nitrogen and oxygen atoms in total. The lowest BCUT2D eigenvalue weighted by Gasteiger charge is -2.38. The molecule has 3 aliphatic rings. The Morgan fingerprint density at radius 2 is 1.87 bits per heavy atom. The van der Waals surface area contributed by atoms with Crippen molar-refractivity contribution in [2.45, 2.75) is 48.4 Å². The fourth-order valence-corrected chi connectivity index (χ4v) is 6.75. The third-order valence-corrected chi connectivity index (χ3v) is 9.60. The van der Waals surface area contributed by atoms with E-state index in [0.717, 1.165) is 6.20 Å². The summed E-state index contributed by atoms with van der Waals surface area (Å²) in [7, 11) is -2.82. The highest BCUT2D eigenvalue weighted by molar-refractivity contribution is 7.89. The number of rotatable bonds is 7. The van der Waals surface area contributed by atoms with Gasteiger partial charge in [-0.2, -0.15) is 13.2 Å². The summed E-state index contributed by atoms with van der Waals surface area (Å²) in [5.41, 5.74) is -0.736.